The van der Waals surface area contributed by atoms with Crippen molar-refractivity contribution in [1.82, 2.24) is 19.7 Å². The van der Waals surface area contributed by atoms with Gasteiger partial charge in [0.2, 0.25) is 0 Å². The van der Waals surface area contributed by atoms with Crippen LogP contribution in [0.2, 0.25) is 5.02 Å². The van der Waals surface area contributed by atoms with Crippen LogP contribution >= 0.6 is 22.9 Å². The van der Waals surface area contributed by atoms with Gasteiger partial charge in [-0.05, 0) is 45.3 Å². The zero-order valence-electron chi connectivity index (χ0n) is 14.4. The SMILES string of the molecule is CN(C)CCCN(C(=O)c1ccnn1C)c1nc2c(Cl)cccc2s1. The number of anilines is 1. The average molecular weight is 378 g/mol. The molecule has 0 saturated heterocycles. The van der Waals surface area contributed by atoms with E-state index in [0.717, 1.165) is 23.2 Å². The monoisotopic (exact) mass is 377 g/mol. The summed E-state index contributed by atoms with van der Waals surface area (Å²) in [7, 11) is 5.80. The number of aryl methyl sites for hydroxylation is 1. The maximum Gasteiger partial charge on any atom is 0.278 e. The number of benzene rings is 1. The number of hydrogen-bond donors (Lipinski definition) is 0. The standard InChI is InChI=1S/C17H20ClN5OS/c1-21(2)10-5-11-23(16(24)13-8-9-19-22(13)3)17-20-15-12(18)6-4-7-14(15)25-17/h4,6-9H,5,10-11H2,1-3H3. The zero-order valence-corrected chi connectivity index (χ0v) is 16.0. The number of nitrogens with zero attached hydrogens (tertiary/aromatic N) is 5. The van der Waals surface area contributed by atoms with E-state index >= 15 is 0 Å². The lowest BCUT2D eigenvalue weighted by Crippen LogP contribution is -2.34. The van der Waals surface area contributed by atoms with Crippen LogP contribution < -0.4 is 4.90 Å². The highest BCUT2D eigenvalue weighted by Crippen LogP contribution is 2.33. The zero-order chi connectivity index (χ0) is 18.0. The minimum Gasteiger partial charge on any atom is -0.309 e. The van der Waals surface area contributed by atoms with Gasteiger partial charge >= 0.3 is 0 Å². The van der Waals surface area contributed by atoms with Gasteiger partial charge < -0.3 is 4.90 Å². The van der Waals surface area contributed by atoms with Crippen molar-refractivity contribution in [3.63, 3.8) is 0 Å². The molecule has 1 amide bonds. The molecule has 1 aromatic carbocycles. The highest BCUT2D eigenvalue weighted by molar-refractivity contribution is 7.22. The van der Waals surface area contributed by atoms with Gasteiger partial charge in [0.15, 0.2) is 5.13 Å². The second-order valence-electron chi connectivity index (χ2n) is 6.04. The molecular formula is C17H20ClN5OS. The molecule has 0 saturated carbocycles. The van der Waals surface area contributed by atoms with Gasteiger partial charge in [-0.2, -0.15) is 5.10 Å². The van der Waals surface area contributed by atoms with Crippen molar-refractivity contribution in [2.75, 3.05) is 32.1 Å². The third kappa shape index (κ3) is 3.84. The molecule has 0 fully saturated rings. The smallest absolute Gasteiger partial charge is 0.278 e. The van der Waals surface area contributed by atoms with E-state index < -0.39 is 0 Å². The van der Waals surface area contributed by atoms with Crippen LogP contribution in [0.4, 0.5) is 5.13 Å². The molecule has 0 aliphatic carbocycles. The maximum atomic E-state index is 13.0. The molecule has 0 bridgehead atoms. The van der Waals surface area contributed by atoms with E-state index in [-0.39, 0.29) is 5.91 Å². The Bertz CT molecular complexity index is 888. The van der Waals surface area contributed by atoms with Gasteiger partial charge in [-0.1, -0.05) is 29.0 Å². The molecule has 25 heavy (non-hydrogen) atoms. The van der Waals surface area contributed by atoms with Crippen LogP contribution in [-0.4, -0.2) is 52.8 Å². The average Bonchev–Trinajstić information content (AvgIpc) is 3.17. The summed E-state index contributed by atoms with van der Waals surface area (Å²) in [5, 5.41) is 5.36. The van der Waals surface area contributed by atoms with Crippen LogP contribution in [0.15, 0.2) is 30.5 Å². The van der Waals surface area contributed by atoms with E-state index in [2.05, 4.69) is 15.0 Å². The molecular weight excluding hydrogens is 358 g/mol. The second-order valence-corrected chi connectivity index (χ2v) is 7.45. The Kier molecular flexibility index (Phi) is 5.36. The second kappa shape index (κ2) is 7.51. The molecule has 0 radical (unpaired) electrons. The molecule has 0 unspecified atom stereocenters. The highest BCUT2D eigenvalue weighted by Gasteiger charge is 2.23. The number of halogens is 1. The molecule has 2 heterocycles. The molecule has 0 aliphatic rings. The molecule has 8 heteroatoms. The molecule has 3 rings (SSSR count). The third-order valence-corrected chi connectivity index (χ3v) is 5.21. The summed E-state index contributed by atoms with van der Waals surface area (Å²) in [5.41, 5.74) is 1.27. The number of carbonyl (C=O) groups is 1. The molecule has 0 aliphatic heterocycles. The van der Waals surface area contributed by atoms with E-state index in [1.165, 1.54) is 11.3 Å². The Hall–Kier alpha value is -1.96. The fraction of sp³-hybridized carbons (Fsp3) is 0.353. The van der Waals surface area contributed by atoms with Gasteiger partial charge in [0.25, 0.3) is 5.91 Å². The first kappa shape index (κ1) is 17.8. The Morgan fingerprint density at radius 3 is 2.72 bits per heavy atom. The first-order valence-electron chi connectivity index (χ1n) is 7.97. The van der Waals surface area contributed by atoms with Crippen molar-refractivity contribution in [3.05, 3.63) is 41.2 Å². The quantitative estimate of drug-likeness (QED) is 0.661. The Labute approximate surface area is 155 Å². The molecule has 132 valence electrons. The molecule has 6 nitrogen and oxygen atoms in total. The van der Waals surface area contributed by atoms with Crippen LogP contribution in [0.1, 0.15) is 16.9 Å². The number of thiazole rings is 1. The predicted octanol–water partition coefficient (Wildman–Crippen LogP) is 3.28. The topological polar surface area (TPSA) is 54.3 Å². The summed E-state index contributed by atoms with van der Waals surface area (Å²) in [5.74, 6) is -0.103. The summed E-state index contributed by atoms with van der Waals surface area (Å²) in [6, 6.07) is 7.40. The molecule has 3 aromatic rings. The highest BCUT2D eigenvalue weighted by atomic mass is 35.5. The molecule has 2 aromatic heterocycles. The van der Waals surface area contributed by atoms with E-state index in [1.54, 1.807) is 28.9 Å². The fourth-order valence-electron chi connectivity index (χ4n) is 2.57. The summed E-state index contributed by atoms with van der Waals surface area (Å²) < 4.78 is 2.56. The van der Waals surface area contributed by atoms with E-state index in [9.17, 15) is 4.79 Å². The van der Waals surface area contributed by atoms with Gasteiger partial charge in [0.1, 0.15) is 11.2 Å². The maximum absolute atomic E-state index is 13.0. The van der Waals surface area contributed by atoms with Gasteiger partial charge in [0, 0.05) is 19.8 Å². The lowest BCUT2D eigenvalue weighted by Gasteiger charge is -2.20. The van der Waals surface area contributed by atoms with Crippen molar-refractivity contribution in [3.8, 4) is 0 Å². The van der Waals surface area contributed by atoms with E-state index in [1.807, 2.05) is 32.3 Å². The van der Waals surface area contributed by atoms with Gasteiger partial charge in [-0.3, -0.25) is 14.4 Å². The van der Waals surface area contributed by atoms with Crippen molar-refractivity contribution in [1.29, 1.82) is 0 Å². The summed E-state index contributed by atoms with van der Waals surface area (Å²) in [6.45, 7) is 1.47. The van der Waals surface area contributed by atoms with Crippen LogP contribution in [0.5, 0.6) is 0 Å². The minimum atomic E-state index is -0.103. The van der Waals surface area contributed by atoms with Crippen LogP contribution in [0.3, 0.4) is 0 Å². The van der Waals surface area contributed by atoms with Gasteiger partial charge in [-0.25, -0.2) is 4.98 Å². The van der Waals surface area contributed by atoms with Crippen LogP contribution in [0.25, 0.3) is 10.2 Å². The van der Waals surface area contributed by atoms with Gasteiger partial charge in [0.05, 0.1) is 9.72 Å². The van der Waals surface area contributed by atoms with Crippen LogP contribution in [0, 0.1) is 0 Å². The molecule has 0 spiro atoms. The van der Waals surface area contributed by atoms with Crippen molar-refractivity contribution in [2.24, 2.45) is 7.05 Å². The third-order valence-electron chi connectivity index (χ3n) is 3.86. The van der Waals surface area contributed by atoms with E-state index in [0.29, 0.717) is 22.4 Å². The predicted molar refractivity (Wildman–Crippen MR) is 103 cm³/mol. The first-order chi connectivity index (χ1) is 12.0. The van der Waals surface area contributed by atoms with Crippen molar-refractivity contribution < 1.29 is 4.79 Å². The van der Waals surface area contributed by atoms with Crippen molar-refractivity contribution in [2.45, 2.75) is 6.42 Å². The number of para-hydroxylation sites is 1. The minimum absolute atomic E-state index is 0.103. The lowest BCUT2D eigenvalue weighted by atomic mass is 10.3. The van der Waals surface area contributed by atoms with Crippen LogP contribution in [-0.2, 0) is 7.05 Å². The fourth-order valence-corrected chi connectivity index (χ4v) is 3.86. The number of hydrogen-bond acceptors (Lipinski definition) is 5. The van der Waals surface area contributed by atoms with Gasteiger partial charge in [-0.15, -0.1) is 0 Å². The number of rotatable bonds is 6. The Morgan fingerprint density at radius 2 is 2.08 bits per heavy atom. The number of aromatic nitrogens is 3. The summed E-state index contributed by atoms with van der Waals surface area (Å²) >= 11 is 7.72. The number of amides is 1. The Morgan fingerprint density at radius 1 is 1.28 bits per heavy atom. The lowest BCUT2D eigenvalue weighted by molar-refractivity contribution is 0.0977. The molecule has 0 atom stereocenters. The number of carbonyl (C=O) groups excluding carboxylic acids is 1. The normalized spacial score (nSPS) is 11.4. The molecule has 0 N–H and O–H groups in total. The summed E-state index contributed by atoms with van der Waals surface area (Å²) in [4.78, 5) is 21.5. The first-order valence-corrected chi connectivity index (χ1v) is 9.16. The Balaban J connectivity index is 1.95. The number of fused-ring (bicyclic) bond motifs is 1. The summed E-state index contributed by atoms with van der Waals surface area (Å²) in [6.07, 6.45) is 2.47. The van der Waals surface area contributed by atoms with Crippen molar-refractivity contribution >= 4 is 44.2 Å². The largest absolute Gasteiger partial charge is 0.309 e. The van der Waals surface area contributed by atoms with E-state index in [4.69, 9.17) is 11.6 Å².